The molecule has 0 aliphatic heterocycles. The van der Waals surface area contributed by atoms with Crippen LogP contribution >= 0.6 is 34.5 Å². The Bertz CT molecular complexity index is 961. The Hall–Kier alpha value is -2.21. The van der Waals surface area contributed by atoms with Gasteiger partial charge >= 0.3 is 0 Å². The van der Waals surface area contributed by atoms with E-state index in [0.29, 0.717) is 36.9 Å². The molecular formula is C17H8Cl2N2O2S. The number of carbonyl (C=O) groups excluding carboxylic acids is 2. The van der Waals surface area contributed by atoms with E-state index in [2.05, 4.69) is 10.3 Å². The zero-order valence-corrected chi connectivity index (χ0v) is 14.3. The number of halogens is 2. The zero-order valence-electron chi connectivity index (χ0n) is 12.0. The van der Waals surface area contributed by atoms with Crippen molar-refractivity contribution in [1.29, 1.82) is 0 Å². The summed E-state index contributed by atoms with van der Waals surface area (Å²) in [5.41, 5.74) is 1.52. The van der Waals surface area contributed by atoms with Gasteiger partial charge in [-0.25, -0.2) is 4.98 Å². The van der Waals surface area contributed by atoms with E-state index in [1.807, 2.05) is 0 Å². The molecule has 2 aromatic carbocycles. The van der Waals surface area contributed by atoms with E-state index in [0.717, 1.165) is 11.3 Å². The second-order valence-electron chi connectivity index (χ2n) is 5.15. The molecule has 0 fully saturated rings. The van der Waals surface area contributed by atoms with Crippen molar-refractivity contribution in [1.82, 2.24) is 4.98 Å². The van der Waals surface area contributed by atoms with Crippen LogP contribution in [0.5, 0.6) is 0 Å². The molecule has 1 aliphatic rings. The van der Waals surface area contributed by atoms with Gasteiger partial charge in [-0.2, -0.15) is 0 Å². The Morgan fingerprint density at radius 3 is 2.42 bits per heavy atom. The van der Waals surface area contributed by atoms with Crippen molar-refractivity contribution < 1.29 is 9.59 Å². The molecule has 0 saturated carbocycles. The number of benzene rings is 2. The molecule has 4 rings (SSSR count). The van der Waals surface area contributed by atoms with E-state index in [-0.39, 0.29) is 17.3 Å². The van der Waals surface area contributed by atoms with E-state index in [1.165, 1.54) is 0 Å². The summed E-state index contributed by atoms with van der Waals surface area (Å²) in [6.07, 6.45) is 0. The molecule has 24 heavy (non-hydrogen) atoms. The molecule has 1 aliphatic carbocycles. The minimum atomic E-state index is -0.248. The Balaban J connectivity index is 1.76. The quantitative estimate of drug-likeness (QED) is 0.538. The molecule has 4 nitrogen and oxygen atoms in total. The van der Waals surface area contributed by atoms with Crippen molar-refractivity contribution in [2.75, 3.05) is 5.32 Å². The molecule has 1 aromatic heterocycles. The van der Waals surface area contributed by atoms with Crippen LogP contribution in [0.1, 0.15) is 31.3 Å². The van der Waals surface area contributed by atoms with Crippen LogP contribution in [0.4, 0.5) is 10.8 Å². The molecule has 0 saturated heterocycles. The smallest absolute Gasteiger partial charge is 0.213 e. The van der Waals surface area contributed by atoms with E-state index in [1.54, 1.807) is 42.5 Å². The summed E-state index contributed by atoms with van der Waals surface area (Å²) in [7, 11) is 0. The Labute approximate surface area is 151 Å². The van der Waals surface area contributed by atoms with E-state index < -0.39 is 0 Å². The first-order valence-corrected chi connectivity index (χ1v) is 8.53. The number of thiazole rings is 1. The monoisotopic (exact) mass is 374 g/mol. The summed E-state index contributed by atoms with van der Waals surface area (Å²) >= 11 is 13.2. The van der Waals surface area contributed by atoms with E-state index in [9.17, 15) is 9.59 Å². The van der Waals surface area contributed by atoms with Gasteiger partial charge in [-0.15, -0.1) is 0 Å². The molecule has 3 aromatic rings. The normalized spacial score (nSPS) is 12.8. The predicted molar refractivity (Wildman–Crippen MR) is 95.2 cm³/mol. The maximum absolute atomic E-state index is 12.6. The van der Waals surface area contributed by atoms with Gasteiger partial charge < -0.3 is 5.32 Å². The number of ketones is 2. The van der Waals surface area contributed by atoms with Crippen molar-refractivity contribution in [3.8, 4) is 0 Å². The lowest BCUT2D eigenvalue weighted by atomic mass is 9.91. The van der Waals surface area contributed by atoms with Gasteiger partial charge in [0.2, 0.25) is 11.6 Å². The van der Waals surface area contributed by atoms with Crippen LogP contribution in [0.3, 0.4) is 0 Å². The lowest BCUT2D eigenvalue weighted by molar-refractivity contribution is 0.0979. The third kappa shape index (κ3) is 2.41. The third-order valence-corrected chi connectivity index (χ3v) is 5.17. The fourth-order valence-electron chi connectivity index (χ4n) is 2.52. The number of nitrogens with one attached hydrogen (secondary N) is 1. The highest BCUT2D eigenvalue weighted by molar-refractivity contribution is 7.18. The van der Waals surface area contributed by atoms with Crippen LogP contribution in [0.25, 0.3) is 0 Å². The van der Waals surface area contributed by atoms with E-state index >= 15 is 0 Å². The third-order valence-electron chi connectivity index (χ3n) is 3.63. The number of hydrogen-bond acceptors (Lipinski definition) is 5. The van der Waals surface area contributed by atoms with Crippen LogP contribution in [-0.4, -0.2) is 16.6 Å². The number of nitrogens with zero attached hydrogens (tertiary/aromatic N) is 1. The predicted octanol–water partition coefficient (Wildman–Crippen LogP) is 4.97. The van der Waals surface area contributed by atoms with E-state index in [4.69, 9.17) is 23.2 Å². The summed E-state index contributed by atoms with van der Waals surface area (Å²) in [4.78, 5) is 29.8. The first kappa shape index (κ1) is 15.3. The van der Waals surface area contributed by atoms with Crippen LogP contribution in [-0.2, 0) is 0 Å². The SMILES string of the molecule is O=C1c2ccccc2C(=O)c2sc(Nc3cc(Cl)ccc3Cl)nc21. The maximum atomic E-state index is 12.6. The van der Waals surface area contributed by atoms with Crippen molar-refractivity contribution in [3.05, 3.63) is 74.2 Å². The average molecular weight is 375 g/mol. The highest BCUT2D eigenvalue weighted by Gasteiger charge is 2.33. The fraction of sp³-hybridized carbons (Fsp3) is 0. The van der Waals surface area contributed by atoms with Crippen LogP contribution < -0.4 is 5.32 Å². The van der Waals surface area contributed by atoms with Crippen molar-refractivity contribution in [2.24, 2.45) is 0 Å². The molecule has 0 atom stereocenters. The number of anilines is 2. The Morgan fingerprint density at radius 1 is 0.958 bits per heavy atom. The van der Waals surface area contributed by atoms with Gasteiger partial charge in [-0.1, -0.05) is 58.8 Å². The van der Waals surface area contributed by atoms with Gasteiger partial charge in [0.15, 0.2) is 5.13 Å². The summed E-state index contributed by atoms with van der Waals surface area (Å²) < 4.78 is 0. The second-order valence-corrected chi connectivity index (χ2v) is 6.99. The lowest BCUT2D eigenvalue weighted by Crippen LogP contribution is -2.19. The minimum absolute atomic E-state index is 0.171. The molecule has 0 spiro atoms. The largest absolute Gasteiger partial charge is 0.330 e. The van der Waals surface area contributed by atoms with Gasteiger partial charge in [-0.3, -0.25) is 9.59 Å². The molecular weight excluding hydrogens is 367 g/mol. The summed E-state index contributed by atoms with van der Waals surface area (Å²) in [5, 5.41) is 4.42. The maximum Gasteiger partial charge on any atom is 0.213 e. The molecule has 118 valence electrons. The molecule has 0 unspecified atom stereocenters. The Morgan fingerprint density at radius 2 is 1.67 bits per heavy atom. The van der Waals surface area contributed by atoms with Gasteiger partial charge in [-0.05, 0) is 18.2 Å². The number of carbonyl (C=O) groups is 2. The fourth-order valence-corrected chi connectivity index (χ4v) is 3.78. The highest BCUT2D eigenvalue weighted by Crippen LogP contribution is 2.36. The summed E-state index contributed by atoms with van der Waals surface area (Å²) in [6, 6.07) is 11.7. The average Bonchev–Trinajstić information content (AvgIpc) is 3.00. The van der Waals surface area contributed by atoms with Gasteiger partial charge in [0.1, 0.15) is 10.6 Å². The molecule has 0 amide bonds. The summed E-state index contributed by atoms with van der Waals surface area (Å²) in [6.45, 7) is 0. The standard InChI is InChI=1S/C17H8Cl2N2O2S/c18-8-5-6-11(19)12(7-8)20-17-21-13-14(22)9-3-1-2-4-10(9)15(23)16(13)24-17/h1-7H,(H,20,21). The first-order valence-electron chi connectivity index (χ1n) is 6.96. The molecule has 1 N–H and O–H groups in total. The molecule has 0 radical (unpaired) electrons. The van der Waals surface area contributed by atoms with Crippen molar-refractivity contribution in [2.45, 2.75) is 0 Å². The van der Waals surface area contributed by atoms with Crippen molar-refractivity contribution in [3.63, 3.8) is 0 Å². The molecule has 0 bridgehead atoms. The van der Waals surface area contributed by atoms with Crippen LogP contribution in [0.2, 0.25) is 10.0 Å². The topological polar surface area (TPSA) is 59.1 Å². The van der Waals surface area contributed by atoms with Crippen molar-refractivity contribution >= 4 is 56.9 Å². The Kier molecular flexibility index (Phi) is 3.64. The summed E-state index contributed by atoms with van der Waals surface area (Å²) in [5.74, 6) is -0.440. The minimum Gasteiger partial charge on any atom is -0.330 e. The number of fused-ring (bicyclic) bond motifs is 2. The highest BCUT2D eigenvalue weighted by atomic mass is 35.5. The number of aromatic nitrogens is 1. The molecule has 7 heteroatoms. The number of hydrogen-bond donors (Lipinski definition) is 1. The second kappa shape index (κ2) is 5.70. The lowest BCUT2D eigenvalue weighted by Gasteiger charge is -2.11. The van der Waals surface area contributed by atoms with Gasteiger partial charge in [0.25, 0.3) is 0 Å². The molecule has 1 heterocycles. The van der Waals surface area contributed by atoms with Gasteiger partial charge in [0, 0.05) is 16.1 Å². The van der Waals surface area contributed by atoms with Gasteiger partial charge in [0.05, 0.1) is 10.7 Å². The van der Waals surface area contributed by atoms with Crippen LogP contribution in [0.15, 0.2) is 42.5 Å². The zero-order chi connectivity index (χ0) is 16.8. The van der Waals surface area contributed by atoms with Crippen LogP contribution in [0, 0.1) is 0 Å². The number of rotatable bonds is 2. The first-order chi connectivity index (χ1) is 11.5.